The summed E-state index contributed by atoms with van der Waals surface area (Å²) in [6, 6.07) is 17.1. The molecule has 3 aromatic rings. The molecule has 0 saturated heterocycles. The van der Waals surface area contributed by atoms with Gasteiger partial charge in [0.25, 0.3) is 11.6 Å². The molecule has 1 N–H and O–H groups in total. The summed E-state index contributed by atoms with van der Waals surface area (Å²) in [5.41, 5.74) is 2.91. The first-order chi connectivity index (χ1) is 14.5. The lowest BCUT2D eigenvalue weighted by molar-refractivity contribution is -0.385. The van der Waals surface area contributed by atoms with Gasteiger partial charge in [0.1, 0.15) is 5.56 Å². The first-order valence-electron chi connectivity index (χ1n) is 9.91. The van der Waals surface area contributed by atoms with Crippen LogP contribution in [-0.4, -0.2) is 28.8 Å². The maximum atomic E-state index is 12.9. The van der Waals surface area contributed by atoms with E-state index in [2.05, 4.69) is 33.8 Å². The summed E-state index contributed by atoms with van der Waals surface area (Å²) in [6.45, 7) is 3.77. The summed E-state index contributed by atoms with van der Waals surface area (Å²) < 4.78 is 0. The van der Waals surface area contributed by atoms with Gasteiger partial charge in [-0.2, -0.15) is 0 Å². The van der Waals surface area contributed by atoms with Crippen LogP contribution in [0.15, 0.2) is 60.0 Å². The van der Waals surface area contributed by atoms with Gasteiger partial charge < -0.3 is 5.32 Å². The maximum absolute atomic E-state index is 12.9. The molecular formula is C23H23N3O3S. The molecule has 154 valence electrons. The lowest BCUT2D eigenvalue weighted by atomic mass is 10.0. The van der Waals surface area contributed by atoms with Crippen LogP contribution in [0.1, 0.15) is 38.0 Å². The molecule has 2 aromatic carbocycles. The van der Waals surface area contributed by atoms with Gasteiger partial charge in [-0.15, -0.1) is 11.3 Å². The van der Waals surface area contributed by atoms with Gasteiger partial charge >= 0.3 is 0 Å². The molecule has 1 atom stereocenters. The fourth-order valence-corrected chi connectivity index (χ4v) is 4.93. The topological polar surface area (TPSA) is 75.5 Å². The molecule has 4 rings (SSSR count). The van der Waals surface area contributed by atoms with Crippen LogP contribution in [0.4, 0.5) is 5.69 Å². The van der Waals surface area contributed by atoms with Gasteiger partial charge in [0.05, 0.1) is 11.0 Å². The van der Waals surface area contributed by atoms with Crippen LogP contribution in [0.25, 0.3) is 0 Å². The quantitative estimate of drug-likeness (QED) is 0.470. The SMILES string of the molecule is Cc1cccc(C(=O)NCC(c2ccccc2)N2CCc3sccc3C2)c1[N+](=O)[O-]. The Bertz CT molecular complexity index is 1060. The summed E-state index contributed by atoms with van der Waals surface area (Å²) in [6.07, 6.45) is 0.994. The van der Waals surface area contributed by atoms with E-state index < -0.39 is 10.8 Å². The van der Waals surface area contributed by atoms with E-state index in [-0.39, 0.29) is 17.3 Å². The van der Waals surface area contributed by atoms with Gasteiger partial charge in [0, 0.05) is 30.1 Å². The van der Waals surface area contributed by atoms with Crippen molar-refractivity contribution in [2.45, 2.75) is 25.9 Å². The minimum Gasteiger partial charge on any atom is -0.350 e. The van der Waals surface area contributed by atoms with Crippen molar-refractivity contribution >= 4 is 22.9 Å². The van der Waals surface area contributed by atoms with Gasteiger partial charge in [0.2, 0.25) is 0 Å². The number of para-hydroxylation sites is 1. The Morgan fingerprint density at radius 3 is 2.77 bits per heavy atom. The molecule has 0 fully saturated rings. The zero-order valence-corrected chi connectivity index (χ0v) is 17.5. The van der Waals surface area contributed by atoms with E-state index in [1.807, 2.05) is 18.2 Å². The lowest BCUT2D eigenvalue weighted by Crippen LogP contribution is -2.40. The van der Waals surface area contributed by atoms with Crippen molar-refractivity contribution in [3.8, 4) is 0 Å². The van der Waals surface area contributed by atoms with E-state index in [0.29, 0.717) is 12.1 Å². The molecule has 0 spiro atoms. The lowest BCUT2D eigenvalue weighted by Gasteiger charge is -2.35. The molecule has 1 amide bonds. The predicted octanol–water partition coefficient (Wildman–Crippen LogP) is 4.49. The smallest absolute Gasteiger partial charge is 0.285 e. The van der Waals surface area contributed by atoms with Crippen LogP contribution in [0.2, 0.25) is 0 Å². The van der Waals surface area contributed by atoms with Gasteiger partial charge in [-0.25, -0.2) is 0 Å². The number of nitro groups is 1. The number of nitro benzene ring substituents is 1. The van der Waals surface area contributed by atoms with Crippen molar-refractivity contribution < 1.29 is 9.72 Å². The largest absolute Gasteiger partial charge is 0.350 e. The molecule has 1 aliphatic rings. The molecule has 2 heterocycles. The Kier molecular flexibility index (Phi) is 5.92. The number of aryl methyl sites for hydroxylation is 1. The number of carbonyl (C=O) groups is 1. The highest BCUT2D eigenvalue weighted by Gasteiger charge is 2.27. The van der Waals surface area contributed by atoms with Crippen molar-refractivity contribution in [1.29, 1.82) is 0 Å². The first-order valence-corrected chi connectivity index (χ1v) is 10.8. The molecule has 0 bridgehead atoms. The van der Waals surface area contributed by atoms with Crippen LogP contribution < -0.4 is 5.32 Å². The average Bonchev–Trinajstić information content (AvgIpc) is 3.22. The Morgan fingerprint density at radius 2 is 2.00 bits per heavy atom. The fourth-order valence-electron chi connectivity index (χ4n) is 4.04. The summed E-state index contributed by atoms with van der Waals surface area (Å²) in [5.74, 6) is -0.417. The van der Waals surface area contributed by atoms with Gasteiger partial charge in [0.15, 0.2) is 0 Å². The van der Waals surface area contributed by atoms with Crippen molar-refractivity contribution in [3.05, 3.63) is 97.2 Å². The molecule has 1 unspecified atom stereocenters. The molecule has 7 heteroatoms. The van der Waals surface area contributed by atoms with E-state index in [1.165, 1.54) is 16.5 Å². The van der Waals surface area contributed by atoms with Crippen molar-refractivity contribution in [2.75, 3.05) is 13.1 Å². The molecule has 1 aliphatic heterocycles. The molecule has 0 aliphatic carbocycles. The van der Waals surface area contributed by atoms with E-state index in [1.54, 1.807) is 30.4 Å². The van der Waals surface area contributed by atoms with Crippen LogP contribution in [0, 0.1) is 17.0 Å². The Hall–Kier alpha value is -3.03. The fraction of sp³-hybridized carbons (Fsp3) is 0.261. The zero-order valence-electron chi connectivity index (χ0n) is 16.7. The number of hydrogen-bond acceptors (Lipinski definition) is 5. The zero-order chi connectivity index (χ0) is 21.1. The maximum Gasteiger partial charge on any atom is 0.285 e. The van der Waals surface area contributed by atoms with Crippen molar-refractivity contribution in [2.24, 2.45) is 0 Å². The third kappa shape index (κ3) is 4.13. The molecule has 0 saturated carbocycles. The number of fused-ring (bicyclic) bond motifs is 1. The Balaban J connectivity index is 1.56. The van der Waals surface area contributed by atoms with Gasteiger partial charge in [-0.1, -0.05) is 42.5 Å². The number of benzene rings is 2. The minimum atomic E-state index is -0.484. The summed E-state index contributed by atoms with van der Waals surface area (Å²) in [4.78, 5) is 27.6. The molecule has 1 aromatic heterocycles. The minimum absolute atomic E-state index is 0.00735. The highest BCUT2D eigenvalue weighted by Crippen LogP contribution is 2.30. The van der Waals surface area contributed by atoms with Crippen LogP contribution in [-0.2, 0) is 13.0 Å². The summed E-state index contributed by atoms with van der Waals surface area (Å²) in [5, 5.41) is 16.5. The van der Waals surface area contributed by atoms with Crippen molar-refractivity contribution in [3.63, 3.8) is 0 Å². The van der Waals surface area contributed by atoms with Gasteiger partial charge in [-0.3, -0.25) is 19.8 Å². The molecule has 30 heavy (non-hydrogen) atoms. The molecule has 6 nitrogen and oxygen atoms in total. The van der Waals surface area contributed by atoms with Crippen LogP contribution >= 0.6 is 11.3 Å². The number of thiophene rings is 1. The highest BCUT2D eigenvalue weighted by molar-refractivity contribution is 7.10. The van der Waals surface area contributed by atoms with Crippen molar-refractivity contribution in [1.82, 2.24) is 10.2 Å². The summed E-state index contributed by atoms with van der Waals surface area (Å²) in [7, 11) is 0. The number of nitrogens with one attached hydrogen (secondary N) is 1. The number of amides is 1. The summed E-state index contributed by atoms with van der Waals surface area (Å²) >= 11 is 1.80. The average molecular weight is 422 g/mol. The number of hydrogen-bond donors (Lipinski definition) is 1. The number of nitrogens with zero attached hydrogens (tertiary/aromatic N) is 2. The predicted molar refractivity (Wildman–Crippen MR) is 118 cm³/mol. The highest BCUT2D eigenvalue weighted by atomic mass is 32.1. The molecule has 0 radical (unpaired) electrons. The Morgan fingerprint density at radius 1 is 1.20 bits per heavy atom. The van der Waals surface area contributed by atoms with Crippen LogP contribution in [0.5, 0.6) is 0 Å². The number of carbonyl (C=O) groups excluding carboxylic acids is 1. The second kappa shape index (κ2) is 8.77. The second-order valence-corrected chi connectivity index (χ2v) is 8.45. The molecular weight excluding hydrogens is 398 g/mol. The van der Waals surface area contributed by atoms with E-state index in [9.17, 15) is 14.9 Å². The third-order valence-electron chi connectivity index (χ3n) is 5.58. The first kappa shape index (κ1) is 20.3. The normalized spacial score (nSPS) is 14.7. The Labute approximate surface area is 179 Å². The van der Waals surface area contributed by atoms with E-state index in [0.717, 1.165) is 25.1 Å². The standard InChI is InChI=1S/C23H23N3O3S/c1-16-6-5-9-19(22(16)26(28)29)23(27)24-14-20(17-7-3-2-4-8-17)25-12-10-21-18(15-25)11-13-30-21/h2-9,11,13,20H,10,12,14-15H2,1H3,(H,24,27). The number of rotatable bonds is 6. The van der Waals surface area contributed by atoms with Crippen LogP contribution in [0.3, 0.4) is 0 Å². The second-order valence-electron chi connectivity index (χ2n) is 7.45. The van der Waals surface area contributed by atoms with E-state index in [4.69, 9.17) is 0 Å². The van der Waals surface area contributed by atoms with Gasteiger partial charge in [-0.05, 0) is 42.0 Å². The third-order valence-corrected chi connectivity index (χ3v) is 6.61. The van der Waals surface area contributed by atoms with E-state index >= 15 is 0 Å². The monoisotopic (exact) mass is 421 g/mol.